The van der Waals surface area contributed by atoms with Crippen molar-refractivity contribution in [2.75, 3.05) is 12.3 Å². The maximum Gasteiger partial charge on any atom is 0.197 e. The van der Waals surface area contributed by atoms with Gasteiger partial charge in [0.1, 0.15) is 12.4 Å². The summed E-state index contributed by atoms with van der Waals surface area (Å²) in [5, 5.41) is 23.7. The number of nitrogen functional groups attached to an aromatic ring is 1. The standard InChI is InChI=1S/C33H36FNO6S/c1-31-9-8-21(37)12-19(31)6-7-22-23-13-26-33(25(39)15-36,32(23,2)14-24(38)27(22)31)41-30(40-26)29-28(34)18(16-42-29)10-17-4-3-5-20(35)11-17/h3-5,8-9,11-12,16,22-24,26-27,30,36,38H,6-7,10,13-15,35H2,1-2H3/t22-,23-,24-,26+,27+,30+,31-,32-,33+/m0/s1. The lowest BCUT2D eigenvalue weighted by molar-refractivity contribution is -0.200. The van der Waals surface area contributed by atoms with Gasteiger partial charge in [0.15, 0.2) is 23.5 Å². The lowest BCUT2D eigenvalue weighted by atomic mass is 9.46. The molecule has 0 bridgehead atoms. The van der Waals surface area contributed by atoms with Gasteiger partial charge in [-0.3, -0.25) is 9.59 Å². The molecule has 0 unspecified atom stereocenters. The number of benzene rings is 1. The Morgan fingerprint density at radius 3 is 2.86 bits per heavy atom. The zero-order valence-electron chi connectivity index (χ0n) is 23.7. The molecule has 0 amide bonds. The number of nitrogens with two attached hydrogens (primary N) is 1. The van der Waals surface area contributed by atoms with Crippen LogP contribution < -0.4 is 5.73 Å². The molecule has 7 nitrogen and oxygen atoms in total. The summed E-state index contributed by atoms with van der Waals surface area (Å²) in [5.41, 5.74) is 6.14. The van der Waals surface area contributed by atoms with Crippen molar-refractivity contribution < 1.29 is 33.7 Å². The highest BCUT2D eigenvalue weighted by atomic mass is 32.1. The van der Waals surface area contributed by atoms with Crippen molar-refractivity contribution in [1.29, 1.82) is 0 Å². The second-order valence-corrected chi connectivity index (χ2v) is 14.1. The molecule has 3 saturated carbocycles. The summed E-state index contributed by atoms with van der Waals surface area (Å²) in [6, 6.07) is 7.32. The fourth-order valence-corrected chi connectivity index (χ4v) is 10.3. The summed E-state index contributed by atoms with van der Waals surface area (Å²) in [6.07, 6.45) is 5.36. The van der Waals surface area contributed by atoms with Crippen molar-refractivity contribution >= 4 is 28.6 Å². The number of ketones is 2. The first kappa shape index (κ1) is 28.1. The van der Waals surface area contributed by atoms with E-state index in [0.717, 1.165) is 24.0 Å². The summed E-state index contributed by atoms with van der Waals surface area (Å²) in [7, 11) is 0. The molecule has 4 aliphatic carbocycles. The van der Waals surface area contributed by atoms with Crippen LogP contribution in [0.25, 0.3) is 0 Å². The Balaban J connectivity index is 1.21. The Kier molecular flexibility index (Phi) is 6.46. The minimum Gasteiger partial charge on any atom is -0.399 e. The van der Waals surface area contributed by atoms with Gasteiger partial charge in [-0.15, -0.1) is 11.3 Å². The number of hydrogen-bond donors (Lipinski definition) is 3. The number of aliphatic hydroxyl groups excluding tert-OH is 2. The summed E-state index contributed by atoms with van der Waals surface area (Å²) in [5.74, 6) is -1.04. The minimum absolute atomic E-state index is 0.0240. The van der Waals surface area contributed by atoms with Gasteiger partial charge in [0.05, 0.1) is 17.1 Å². The number of thiophene rings is 1. The van der Waals surface area contributed by atoms with Gasteiger partial charge in [-0.1, -0.05) is 37.6 Å². The average molecular weight is 594 g/mol. The number of halogens is 1. The zero-order valence-corrected chi connectivity index (χ0v) is 24.5. The number of rotatable bonds is 5. The van der Waals surface area contributed by atoms with E-state index in [1.165, 1.54) is 11.3 Å². The molecule has 4 N–H and O–H groups in total. The van der Waals surface area contributed by atoms with Crippen molar-refractivity contribution in [3.63, 3.8) is 0 Å². The Morgan fingerprint density at radius 2 is 2.10 bits per heavy atom. The molecule has 1 aromatic carbocycles. The predicted octanol–water partition coefficient (Wildman–Crippen LogP) is 4.66. The molecule has 7 rings (SSSR count). The molecule has 5 aliphatic rings. The number of ether oxygens (including phenoxy) is 2. The second-order valence-electron chi connectivity index (χ2n) is 13.2. The van der Waals surface area contributed by atoms with Crippen LogP contribution in [-0.2, 0) is 25.5 Å². The van der Waals surface area contributed by atoms with Crippen molar-refractivity contribution in [3.8, 4) is 0 Å². The normalized spacial score (nSPS) is 40.2. The molecular formula is C33H36FNO6S. The van der Waals surface area contributed by atoms with Gasteiger partial charge in [0, 0.05) is 34.4 Å². The van der Waals surface area contributed by atoms with Gasteiger partial charge < -0.3 is 25.4 Å². The molecule has 0 radical (unpaired) electrons. The number of fused-ring (bicyclic) bond motifs is 7. The molecule has 9 heteroatoms. The van der Waals surface area contributed by atoms with Crippen LogP contribution in [-0.4, -0.2) is 46.2 Å². The van der Waals surface area contributed by atoms with Gasteiger partial charge >= 0.3 is 0 Å². The monoisotopic (exact) mass is 593 g/mol. The predicted molar refractivity (Wildman–Crippen MR) is 155 cm³/mol. The number of carbonyl (C=O) groups excluding carboxylic acids is 2. The fraction of sp³-hybridized carbons (Fsp3) is 0.515. The highest BCUT2D eigenvalue weighted by molar-refractivity contribution is 7.10. The molecule has 222 valence electrons. The van der Waals surface area contributed by atoms with Gasteiger partial charge in [0.2, 0.25) is 0 Å². The molecule has 9 atom stereocenters. The molecule has 1 saturated heterocycles. The number of allylic oxidation sites excluding steroid dienone is 4. The van der Waals surface area contributed by atoms with E-state index in [0.29, 0.717) is 24.1 Å². The van der Waals surface area contributed by atoms with Gasteiger partial charge in [0.25, 0.3) is 0 Å². The molecule has 2 aromatic rings. The van der Waals surface area contributed by atoms with Crippen molar-refractivity contribution in [2.24, 2.45) is 28.6 Å². The van der Waals surface area contributed by atoms with E-state index in [1.54, 1.807) is 23.6 Å². The van der Waals surface area contributed by atoms with Crippen molar-refractivity contribution in [1.82, 2.24) is 0 Å². The summed E-state index contributed by atoms with van der Waals surface area (Å²) in [6.45, 7) is 3.33. The lowest BCUT2D eigenvalue weighted by Gasteiger charge is -2.59. The molecular weight excluding hydrogens is 557 g/mol. The first-order valence-corrected chi connectivity index (χ1v) is 15.6. The van der Waals surface area contributed by atoms with E-state index in [4.69, 9.17) is 15.2 Å². The van der Waals surface area contributed by atoms with Crippen LogP contribution in [0.15, 0.2) is 53.4 Å². The fourth-order valence-electron chi connectivity index (χ4n) is 9.40. The highest BCUT2D eigenvalue weighted by Crippen LogP contribution is 2.70. The summed E-state index contributed by atoms with van der Waals surface area (Å²) >= 11 is 1.19. The highest BCUT2D eigenvalue weighted by Gasteiger charge is 2.76. The maximum atomic E-state index is 15.8. The third-order valence-electron chi connectivity index (χ3n) is 11.2. The minimum atomic E-state index is -1.51. The second kappa shape index (κ2) is 9.66. The van der Waals surface area contributed by atoms with Crippen LogP contribution in [0, 0.1) is 34.4 Å². The Morgan fingerprint density at radius 1 is 1.29 bits per heavy atom. The Labute approximate surface area is 248 Å². The molecule has 1 aliphatic heterocycles. The van der Waals surface area contributed by atoms with E-state index < -0.39 is 53.1 Å². The summed E-state index contributed by atoms with van der Waals surface area (Å²) < 4.78 is 28.8. The van der Waals surface area contributed by atoms with Crippen molar-refractivity contribution in [3.05, 3.63) is 75.3 Å². The number of anilines is 1. The Bertz CT molecular complexity index is 1530. The number of Topliss-reactive ketones (excluding diaryl/α,β-unsaturated/α-hetero) is 1. The van der Waals surface area contributed by atoms with Gasteiger partial charge in [-0.05, 0) is 72.7 Å². The van der Waals surface area contributed by atoms with Crippen LogP contribution in [0.5, 0.6) is 0 Å². The first-order chi connectivity index (χ1) is 20.0. The molecule has 0 spiro atoms. The molecule has 42 heavy (non-hydrogen) atoms. The van der Waals surface area contributed by atoms with E-state index in [-0.39, 0.29) is 34.8 Å². The smallest absolute Gasteiger partial charge is 0.197 e. The third kappa shape index (κ3) is 3.76. The molecule has 4 fully saturated rings. The number of aliphatic hydroxyl groups is 2. The quantitative estimate of drug-likeness (QED) is 0.432. The van der Waals surface area contributed by atoms with E-state index >= 15 is 4.39 Å². The Hall–Kier alpha value is -2.69. The molecule has 1 aromatic heterocycles. The van der Waals surface area contributed by atoms with E-state index in [9.17, 15) is 19.8 Å². The van der Waals surface area contributed by atoms with Crippen LogP contribution >= 0.6 is 11.3 Å². The SMILES string of the molecule is C[C@]12C=CC(=O)C=C1CC[C@@H]1[C@@H]2[C@@H](O)C[C@@]2(C)[C@H]1C[C@H]1O[C@@H](c3scc(Cc4cccc(N)c4)c3F)O[C@]12C(=O)CO. The first-order valence-electron chi connectivity index (χ1n) is 14.7. The maximum absolute atomic E-state index is 15.8. The topological polar surface area (TPSA) is 119 Å². The van der Waals surface area contributed by atoms with Gasteiger partial charge in [-0.2, -0.15) is 0 Å². The van der Waals surface area contributed by atoms with E-state index in [2.05, 4.69) is 6.92 Å². The zero-order chi connectivity index (χ0) is 29.6. The number of hydrogen-bond acceptors (Lipinski definition) is 8. The largest absolute Gasteiger partial charge is 0.399 e. The lowest BCUT2D eigenvalue weighted by Crippen LogP contribution is -2.63. The molecule has 2 heterocycles. The van der Waals surface area contributed by atoms with Crippen LogP contribution in [0.2, 0.25) is 0 Å². The third-order valence-corrected chi connectivity index (χ3v) is 12.2. The van der Waals surface area contributed by atoms with Crippen LogP contribution in [0.1, 0.15) is 61.8 Å². The van der Waals surface area contributed by atoms with Crippen LogP contribution in [0.4, 0.5) is 10.1 Å². The summed E-state index contributed by atoms with van der Waals surface area (Å²) in [4.78, 5) is 26.1. The average Bonchev–Trinajstić information content (AvgIpc) is 3.58. The van der Waals surface area contributed by atoms with Crippen LogP contribution in [0.3, 0.4) is 0 Å². The number of carbonyl (C=O) groups is 2. The van der Waals surface area contributed by atoms with Crippen molar-refractivity contribution in [2.45, 2.75) is 70.1 Å². The van der Waals surface area contributed by atoms with E-state index in [1.807, 2.05) is 31.2 Å². The van der Waals surface area contributed by atoms with Gasteiger partial charge in [-0.25, -0.2) is 4.39 Å².